The number of aromatic amines is 1. The Balaban J connectivity index is 2.09. The molecule has 1 aromatic carbocycles. The molecule has 2 aromatic heterocycles. The number of fused-ring (bicyclic) bond motifs is 1. The number of rotatable bonds is 4. The molecule has 0 saturated carbocycles. The van der Waals surface area contributed by atoms with E-state index in [4.69, 9.17) is 4.74 Å². The van der Waals surface area contributed by atoms with Gasteiger partial charge in [-0.2, -0.15) is 0 Å². The van der Waals surface area contributed by atoms with Gasteiger partial charge in [0.1, 0.15) is 5.01 Å². The van der Waals surface area contributed by atoms with Crippen molar-refractivity contribution >= 4 is 45.5 Å². The zero-order valence-corrected chi connectivity index (χ0v) is 13.8. The molecule has 0 atom stereocenters. The number of methoxy groups -OCH3 is 1. The number of carbonyl (C=O) groups is 1. The third-order valence-electron chi connectivity index (χ3n) is 3.24. The highest BCUT2D eigenvalue weighted by molar-refractivity contribution is 8.01. The minimum Gasteiger partial charge on any atom is -0.464 e. The summed E-state index contributed by atoms with van der Waals surface area (Å²) in [6.07, 6.45) is 3.98. The lowest BCUT2D eigenvalue weighted by Crippen LogP contribution is -2.01. The fourth-order valence-corrected chi connectivity index (χ4v) is 3.61. The molecule has 22 heavy (non-hydrogen) atoms. The van der Waals surface area contributed by atoms with Gasteiger partial charge in [0.2, 0.25) is 0 Å². The summed E-state index contributed by atoms with van der Waals surface area (Å²) in [7, 11) is 1.36. The van der Waals surface area contributed by atoms with Gasteiger partial charge in [-0.15, -0.1) is 23.1 Å². The number of thioether (sulfide) groups is 1. The van der Waals surface area contributed by atoms with Gasteiger partial charge in [-0.3, -0.25) is 0 Å². The molecule has 0 unspecified atom stereocenters. The number of para-hydroxylation sites is 1. The minimum atomic E-state index is -0.412. The number of nitrogens with zero attached hydrogens (tertiary/aromatic N) is 1. The average molecular weight is 330 g/mol. The van der Waals surface area contributed by atoms with Crippen molar-refractivity contribution in [3.05, 3.63) is 57.5 Å². The van der Waals surface area contributed by atoms with Gasteiger partial charge in [-0.1, -0.05) is 18.2 Å². The van der Waals surface area contributed by atoms with Crippen LogP contribution in [-0.2, 0) is 4.74 Å². The van der Waals surface area contributed by atoms with Crippen LogP contribution >= 0.6 is 23.1 Å². The van der Waals surface area contributed by atoms with Crippen LogP contribution in [0.1, 0.15) is 21.1 Å². The Morgan fingerprint density at radius 1 is 1.41 bits per heavy atom. The SMILES string of the molecule is COC(=O)c1csc(/C(=C\SC)c2c[nH]c3ccccc23)n1. The summed E-state index contributed by atoms with van der Waals surface area (Å²) in [4.78, 5) is 19.3. The van der Waals surface area contributed by atoms with Crippen LogP contribution in [-0.4, -0.2) is 29.3 Å². The highest BCUT2D eigenvalue weighted by Crippen LogP contribution is 2.33. The summed E-state index contributed by atoms with van der Waals surface area (Å²) in [6, 6.07) is 8.12. The molecule has 0 saturated heterocycles. The summed E-state index contributed by atoms with van der Waals surface area (Å²) >= 11 is 3.05. The highest BCUT2D eigenvalue weighted by Gasteiger charge is 2.17. The molecule has 112 valence electrons. The Kier molecular flexibility index (Phi) is 4.31. The van der Waals surface area contributed by atoms with E-state index in [1.807, 2.05) is 30.7 Å². The van der Waals surface area contributed by atoms with Crippen molar-refractivity contribution in [3.8, 4) is 0 Å². The maximum Gasteiger partial charge on any atom is 0.357 e. The summed E-state index contributed by atoms with van der Waals surface area (Å²) in [6.45, 7) is 0. The van der Waals surface area contributed by atoms with Crippen LogP contribution in [0.3, 0.4) is 0 Å². The van der Waals surface area contributed by atoms with Crippen LogP contribution in [0.25, 0.3) is 16.5 Å². The van der Waals surface area contributed by atoms with Gasteiger partial charge in [0.15, 0.2) is 5.69 Å². The van der Waals surface area contributed by atoms with Crippen molar-refractivity contribution in [1.29, 1.82) is 0 Å². The number of benzene rings is 1. The lowest BCUT2D eigenvalue weighted by atomic mass is 10.1. The first kappa shape index (κ1) is 14.9. The van der Waals surface area contributed by atoms with E-state index in [9.17, 15) is 4.79 Å². The maximum absolute atomic E-state index is 11.6. The predicted molar refractivity (Wildman–Crippen MR) is 92.3 cm³/mol. The van der Waals surface area contributed by atoms with Gasteiger partial charge in [-0.25, -0.2) is 9.78 Å². The summed E-state index contributed by atoms with van der Waals surface area (Å²) in [5.74, 6) is -0.412. The van der Waals surface area contributed by atoms with E-state index >= 15 is 0 Å². The molecule has 0 fully saturated rings. The number of hydrogen-bond donors (Lipinski definition) is 1. The summed E-state index contributed by atoms with van der Waals surface area (Å²) in [5, 5.41) is 5.72. The Hall–Kier alpha value is -2.05. The Bertz CT molecular complexity index is 849. The molecule has 0 aliphatic heterocycles. The molecule has 0 amide bonds. The Morgan fingerprint density at radius 2 is 2.23 bits per heavy atom. The molecule has 1 N–H and O–H groups in total. The standard InChI is InChI=1S/C16H14N2O2S2/c1-20-16(19)14-9-22-15(18-14)12(8-21-2)11-7-17-13-6-4-3-5-10(11)13/h3-9,17H,1-2H3/b12-8-. The number of hydrogen-bond acceptors (Lipinski definition) is 5. The van der Waals surface area contributed by atoms with Gasteiger partial charge >= 0.3 is 5.97 Å². The van der Waals surface area contributed by atoms with Crippen LogP contribution in [0.15, 0.2) is 41.3 Å². The number of nitrogens with one attached hydrogen (secondary N) is 1. The maximum atomic E-state index is 11.6. The molecule has 0 spiro atoms. The molecule has 3 rings (SSSR count). The van der Waals surface area contributed by atoms with E-state index in [1.54, 1.807) is 17.1 Å². The quantitative estimate of drug-likeness (QED) is 0.730. The molecule has 0 aliphatic rings. The van der Waals surface area contributed by atoms with Crippen molar-refractivity contribution in [2.24, 2.45) is 0 Å². The fraction of sp³-hybridized carbons (Fsp3) is 0.125. The number of H-pyrrole nitrogens is 1. The number of esters is 1. The zero-order chi connectivity index (χ0) is 15.5. The first-order valence-electron chi connectivity index (χ1n) is 6.58. The van der Waals surface area contributed by atoms with Gasteiger partial charge in [0, 0.05) is 33.6 Å². The van der Waals surface area contributed by atoms with Crippen molar-refractivity contribution in [3.63, 3.8) is 0 Å². The zero-order valence-electron chi connectivity index (χ0n) is 12.1. The van der Waals surface area contributed by atoms with Crippen LogP contribution in [0, 0.1) is 0 Å². The number of thiazole rings is 1. The molecule has 3 aromatic rings. The molecule has 4 nitrogen and oxygen atoms in total. The lowest BCUT2D eigenvalue weighted by molar-refractivity contribution is 0.0595. The third-order valence-corrected chi connectivity index (χ3v) is 4.59. The molecular weight excluding hydrogens is 316 g/mol. The van der Waals surface area contributed by atoms with Crippen LogP contribution in [0.2, 0.25) is 0 Å². The monoisotopic (exact) mass is 330 g/mol. The normalized spacial score (nSPS) is 11.8. The molecule has 0 aliphatic carbocycles. The largest absolute Gasteiger partial charge is 0.464 e. The van der Waals surface area contributed by atoms with Crippen molar-refractivity contribution < 1.29 is 9.53 Å². The summed E-state index contributed by atoms with van der Waals surface area (Å²) < 4.78 is 4.72. The van der Waals surface area contributed by atoms with Crippen molar-refractivity contribution in [2.75, 3.05) is 13.4 Å². The van der Waals surface area contributed by atoms with Gasteiger partial charge in [0.05, 0.1) is 7.11 Å². The second kappa shape index (κ2) is 6.37. The van der Waals surface area contributed by atoms with Crippen LogP contribution in [0.5, 0.6) is 0 Å². The van der Waals surface area contributed by atoms with E-state index in [1.165, 1.54) is 18.4 Å². The molecule has 0 bridgehead atoms. The average Bonchev–Trinajstić information content (AvgIpc) is 3.19. The molecular formula is C16H14N2O2S2. The van der Waals surface area contributed by atoms with Gasteiger partial charge in [0.25, 0.3) is 0 Å². The highest BCUT2D eigenvalue weighted by atomic mass is 32.2. The van der Waals surface area contributed by atoms with E-state index in [0.29, 0.717) is 5.69 Å². The Labute approximate surface area is 136 Å². The smallest absolute Gasteiger partial charge is 0.357 e. The topological polar surface area (TPSA) is 55.0 Å². The van der Waals surface area contributed by atoms with Crippen LogP contribution in [0.4, 0.5) is 0 Å². The number of aromatic nitrogens is 2. The second-order valence-electron chi connectivity index (χ2n) is 4.54. The number of ether oxygens (including phenoxy) is 1. The molecule has 6 heteroatoms. The second-order valence-corrected chi connectivity index (χ2v) is 6.11. The molecule has 0 radical (unpaired) electrons. The third kappa shape index (κ3) is 2.67. The number of carbonyl (C=O) groups excluding carboxylic acids is 1. The summed E-state index contributed by atoms with van der Waals surface area (Å²) in [5.41, 5.74) is 3.50. The molecule has 2 heterocycles. The lowest BCUT2D eigenvalue weighted by Gasteiger charge is -2.02. The first-order valence-corrected chi connectivity index (χ1v) is 8.75. The first-order chi connectivity index (χ1) is 10.7. The van der Waals surface area contributed by atoms with E-state index in [2.05, 4.69) is 21.4 Å². The van der Waals surface area contributed by atoms with E-state index in [0.717, 1.165) is 27.0 Å². The predicted octanol–water partition coefficient (Wildman–Crippen LogP) is 4.16. The minimum absolute atomic E-state index is 0.342. The van der Waals surface area contributed by atoms with Crippen LogP contribution < -0.4 is 0 Å². The van der Waals surface area contributed by atoms with Gasteiger partial charge < -0.3 is 9.72 Å². The van der Waals surface area contributed by atoms with E-state index < -0.39 is 5.97 Å². The fourth-order valence-electron chi connectivity index (χ4n) is 2.24. The van der Waals surface area contributed by atoms with E-state index in [-0.39, 0.29) is 0 Å². The Morgan fingerprint density at radius 3 is 3.00 bits per heavy atom. The van der Waals surface area contributed by atoms with Crippen molar-refractivity contribution in [2.45, 2.75) is 0 Å². The van der Waals surface area contributed by atoms with Crippen molar-refractivity contribution in [1.82, 2.24) is 9.97 Å². The van der Waals surface area contributed by atoms with Gasteiger partial charge in [-0.05, 0) is 17.7 Å².